The van der Waals surface area contributed by atoms with Crippen molar-refractivity contribution < 1.29 is 14.0 Å². The van der Waals surface area contributed by atoms with Crippen molar-refractivity contribution >= 4 is 57.8 Å². The van der Waals surface area contributed by atoms with Crippen molar-refractivity contribution in [2.45, 2.75) is 0 Å². The quantitative estimate of drug-likeness (QED) is 0.282. The number of hydrogen-bond donors (Lipinski definition) is 1. The number of thiocarbonyl (C=S) groups is 1. The van der Waals surface area contributed by atoms with E-state index in [0.717, 1.165) is 0 Å². The van der Waals surface area contributed by atoms with E-state index >= 15 is 0 Å². The first kappa shape index (κ1) is 13.9. The first-order valence-electron chi connectivity index (χ1n) is 5.28. The lowest BCUT2D eigenvalue weighted by atomic mass is 10.1. The number of carbonyl (C=O) groups excluding carboxylic acids is 2. The van der Waals surface area contributed by atoms with Gasteiger partial charge in [-0.1, -0.05) is 6.08 Å². The Morgan fingerprint density at radius 1 is 1.47 bits per heavy atom. The average Bonchev–Trinajstić information content (AvgIpc) is 2.76. The molecular formula is C12H9IN2O3S. The molecule has 0 radical (unpaired) electrons. The molecule has 0 saturated carbocycles. The monoisotopic (exact) mass is 388 g/mol. The molecular weight excluding hydrogens is 379 g/mol. The van der Waals surface area contributed by atoms with Crippen LogP contribution in [0.2, 0.25) is 0 Å². The van der Waals surface area contributed by atoms with Gasteiger partial charge in [0.2, 0.25) is 0 Å². The molecule has 0 spiro atoms. The van der Waals surface area contributed by atoms with E-state index in [-0.39, 0.29) is 17.2 Å². The van der Waals surface area contributed by atoms with Crippen LogP contribution in [0.15, 0.2) is 34.8 Å². The fourth-order valence-corrected chi connectivity index (χ4v) is 2.22. The van der Waals surface area contributed by atoms with Crippen LogP contribution in [0.3, 0.4) is 0 Å². The van der Waals surface area contributed by atoms with Crippen molar-refractivity contribution in [1.29, 1.82) is 0 Å². The van der Waals surface area contributed by atoms with Crippen LogP contribution in [0, 0.1) is 3.77 Å². The largest absolute Gasteiger partial charge is 0.451 e. The van der Waals surface area contributed by atoms with Gasteiger partial charge in [-0.25, -0.2) is 0 Å². The van der Waals surface area contributed by atoms with E-state index in [4.69, 9.17) is 16.6 Å². The molecule has 1 aliphatic heterocycles. The van der Waals surface area contributed by atoms with E-state index in [0.29, 0.717) is 9.53 Å². The molecule has 2 heterocycles. The third kappa shape index (κ3) is 2.92. The maximum absolute atomic E-state index is 12.2. The molecule has 2 rings (SSSR count). The first-order valence-corrected chi connectivity index (χ1v) is 6.76. The highest BCUT2D eigenvalue weighted by Crippen LogP contribution is 2.17. The minimum Gasteiger partial charge on any atom is -0.451 e. The van der Waals surface area contributed by atoms with Crippen LogP contribution in [0.4, 0.5) is 0 Å². The second-order valence-corrected chi connectivity index (χ2v) is 5.11. The molecule has 1 aromatic heterocycles. The van der Waals surface area contributed by atoms with Crippen LogP contribution in [-0.4, -0.2) is 28.4 Å². The Hall–Kier alpha value is -1.48. The van der Waals surface area contributed by atoms with Gasteiger partial charge in [-0.05, 0) is 53.0 Å². The summed E-state index contributed by atoms with van der Waals surface area (Å²) in [6.45, 7) is 3.79. The molecule has 2 amide bonds. The number of halogens is 1. The normalized spacial score (nSPS) is 17.8. The Bertz CT molecular complexity index is 606. The molecule has 0 bridgehead atoms. The molecule has 0 aromatic carbocycles. The first-order chi connectivity index (χ1) is 9.02. The number of carbonyl (C=O) groups is 2. The van der Waals surface area contributed by atoms with Crippen molar-refractivity contribution in [3.05, 3.63) is 39.9 Å². The van der Waals surface area contributed by atoms with Crippen LogP contribution in [0.25, 0.3) is 6.08 Å². The maximum atomic E-state index is 12.2. The minimum atomic E-state index is -0.526. The van der Waals surface area contributed by atoms with E-state index < -0.39 is 11.8 Å². The molecule has 19 heavy (non-hydrogen) atoms. The second-order valence-electron chi connectivity index (χ2n) is 3.66. The van der Waals surface area contributed by atoms with Gasteiger partial charge in [0.25, 0.3) is 11.8 Å². The average molecular weight is 388 g/mol. The number of rotatable bonds is 3. The predicted molar refractivity (Wildman–Crippen MR) is 82.1 cm³/mol. The topological polar surface area (TPSA) is 62.6 Å². The minimum absolute atomic E-state index is 0.0128. The summed E-state index contributed by atoms with van der Waals surface area (Å²) in [7, 11) is 0. The molecule has 0 unspecified atom stereocenters. The molecule has 0 atom stereocenters. The van der Waals surface area contributed by atoms with Gasteiger partial charge in [0.15, 0.2) is 8.88 Å². The standard InChI is InChI=1S/C12H9IN2O3S/c1-2-5-15-11(17)8(10(16)14-12(15)19)6-7-3-4-9(13)18-7/h2-4,6H,1,5H2,(H,14,16,19)/b8-6-. The molecule has 1 aliphatic rings. The highest BCUT2D eigenvalue weighted by atomic mass is 127. The lowest BCUT2D eigenvalue weighted by Gasteiger charge is -2.27. The molecule has 1 N–H and O–H groups in total. The lowest BCUT2D eigenvalue weighted by Crippen LogP contribution is -2.53. The summed E-state index contributed by atoms with van der Waals surface area (Å²) in [4.78, 5) is 25.2. The summed E-state index contributed by atoms with van der Waals surface area (Å²) >= 11 is 6.94. The Morgan fingerprint density at radius 3 is 2.79 bits per heavy atom. The van der Waals surface area contributed by atoms with Crippen LogP contribution in [0.5, 0.6) is 0 Å². The lowest BCUT2D eigenvalue weighted by molar-refractivity contribution is -0.128. The van der Waals surface area contributed by atoms with E-state index in [2.05, 4.69) is 11.9 Å². The fourth-order valence-electron chi connectivity index (χ4n) is 1.54. The van der Waals surface area contributed by atoms with Crippen molar-refractivity contribution in [3.63, 3.8) is 0 Å². The molecule has 5 nitrogen and oxygen atoms in total. The summed E-state index contributed by atoms with van der Waals surface area (Å²) in [5.74, 6) is -0.545. The SMILES string of the molecule is C=CCN1C(=O)/C(=C\c2ccc(I)o2)C(=O)NC1=S. The van der Waals surface area contributed by atoms with Crippen LogP contribution >= 0.6 is 34.8 Å². The van der Waals surface area contributed by atoms with E-state index in [1.807, 2.05) is 22.6 Å². The van der Waals surface area contributed by atoms with Crippen LogP contribution in [0.1, 0.15) is 5.76 Å². The van der Waals surface area contributed by atoms with E-state index in [1.54, 1.807) is 12.1 Å². The van der Waals surface area contributed by atoms with E-state index in [9.17, 15) is 9.59 Å². The molecule has 98 valence electrons. The van der Waals surface area contributed by atoms with Gasteiger partial charge < -0.3 is 4.42 Å². The Morgan fingerprint density at radius 2 is 2.21 bits per heavy atom. The molecule has 0 aliphatic carbocycles. The van der Waals surface area contributed by atoms with Gasteiger partial charge >= 0.3 is 0 Å². The smallest absolute Gasteiger partial charge is 0.266 e. The van der Waals surface area contributed by atoms with E-state index in [1.165, 1.54) is 17.1 Å². The number of furan rings is 1. The molecule has 1 aromatic rings. The zero-order valence-corrected chi connectivity index (χ0v) is 12.7. The Balaban J connectivity index is 2.35. The molecule has 1 saturated heterocycles. The van der Waals surface area contributed by atoms with Crippen molar-refractivity contribution in [2.75, 3.05) is 6.54 Å². The van der Waals surface area contributed by atoms with Crippen molar-refractivity contribution in [2.24, 2.45) is 0 Å². The van der Waals surface area contributed by atoms with Gasteiger partial charge in [0.05, 0.1) is 0 Å². The van der Waals surface area contributed by atoms with Crippen molar-refractivity contribution in [1.82, 2.24) is 10.2 Å². The third-order valence-electron chi connectivity index (χ3n) is 2.38. The Labute approximate surface area is 128 Å². The van der Waals surface area contributed by atoms with Gasteiger partial charge in [-0.2, -0.15) is 0 Å². The summed E-state index contributed by atoms with van der Waals surface area (Å²) in [5.41, 5.74) is -0.0128. The molecule has 7 heteroatoms. The summed E-state index contributed by atoms with van der Waals surface area (Å²) in [6.07, 6.45) is 2.94. The highest BCUT2D eigenvalue weighted by Gasteiger charge is 2.32. The van der Waals surface area contributed by atoms with Crippen LogP contribution in [-0.2, 0) is 9.59 Å². The molecule has 1 fully saturated rings. The zero-order chi connectivity index (χ0) is 14.0. The van der Waals surface area contributed by atoms with Gasteiger partial charge in [0, 0.05) is 6.54 Å². The number of hydrogen-bond acceptors (Lipinski definition) is 4. The van der Waals surface area contributed by atoms with Crippen molar-refractivity contribution in [3.8, 4) is 0 Å². The zero-order valence-electron chi connectivity index (χ0n) is 9.68. The van der Waals surface area contributed by atoms with Gasteiger partial charge in [0.1, 0.15) is 11.3 Å². The van der Waals surface area contributed by atoms with Crippen LogP contribution < -0.4 is 5.32 Å². The predicted octanol–water partition coefficient (Wildman–Crippen LogP) is 1.70. The third-order valence-corrected chi connectivity index (χ3v) is 3.28. The number of nitrogens with zero attached hydrogens (tertiary/aromatic N) is 1. The number of amides is 2. The highest BCUT2D eigenvalue weighted by molar-refractivity contribution is 14.1. The maximum Gasteiger partial charge on any atom is 0.266 e. The second kappa shape index (κ2) is 5.66. The summed E-state index contributed by atoms with van der Waals surface area (Å²) in [6, 6.07) is 3.42. The summed E-state index contributed by atoms with van der Waals surface area (Å²) in [5, 5.41) is 2.54. The Kier molecular flexibility index (Phi) is 4.15. The fraction of sp³-hybridized carbons (Fsp3) is 0.0833. The summed E-state index contributed by atoms with van der Waals surface area (Å²) < 4.78 is 5.98. The van der Waals surface area contributed by atoms with Gasteiger partial charge in [-0.15, -0.1) is 6.58 Å². The van der Waals surface area contributed by atoms with Gasteiger partial charge in [-0.3, -0.25) is 19.8 Å². The number of nitrogens with one attached hydrogen (secondary N) is 1.